The number of tetrazole rings is 1. The highest BCUT2D eigenvalue weighted by molar-refractivity contribution is 14.1. The molecule has 0 spiro atoms. The second-order valence-electron chi connectivity index (χ2n) is 5.65. The zero-order valence-electron chi connectivity index (χ0n) is 15.2. The fraction of sp³-hybridized carbons (Fsp3) is 0.105. The van der Waals surface area contributed by atoms with Crippen LogP contribution in [-0.2, 0) is 11.3 Å². The van der Waals surface area contributed by atoms with Crippen molar-refractivity contribution in [3.63, 3.8) is 0 Å². The summed E-state index contributed by atoms with van der Waals surface area (Å²) in [5, 5.41) is 25.7. The first-order valence-electron chi connectivity index (χ1n) is 8.31. The van der Waals surface area contributed by atoms with Gasteiger partial charge in [0.25, 0.3) is 0 Å². The van der Waals surface area contributed by atoms with Gasteiger partial charge in [-0.2, -0.15) is 10.5 Å². The minimum absolute atomic E-state index is 0.160. The predicted molar refractivity (Wildman–Crippen MR) is 113 cm³/mol. The fourth-order valence-corrected chi connectivity index (χ4v) is 3.13. The molecule has 29 heavy (non-hydrogen) atoms. The lowest BCUT2D eigenvalue weighted by molar-refractivity contribution is 0.0600. The molecule has 0 saturated carbocycles. The third-order valence-electron chi connectivity index (χ3n) is 3.78. The van der Waals surface area contributed by atoms with Gasteiger partial charge >= 0.3 is 5.97 Å². The van der Waals surface area contributed by atoms with Gasteiger partial charge in [0.2, 0.25) is 5.82 Å². The number of carbonyl (C=O) groups excluding carboxylic acids is 1. The number of methoxy groups -OCH3 is 1. The fourth-order valence-electron chi connectivity index (χ4n) is 2.37. The smallest absolute Gasteiger partial charge is 0.338 e. The number of nitrogens with zero attached hydrogens (tertiary/aromatic N) is 4. The van der Waals surface area contributed by atoms with Crippen LogP contribution in [0.15, 0.2) is 48.7 Å². The number of nitriles is 1. The molecule has 9 nitrogen and oxygen atoms in total. The molecule has 0 aliphatic carbocycles. The Morgan fingerprint density at radius 3 is 2.79 bits per heavy atom. The Morgan fingerprint density at radius 1 is 1.34 bits per heavy atom. The maximum Gasteiger partial charge on any atom is 0.338 e. The average Bonchev–Trinajstić information content (AvgIpc) is 3.28. The molecule has 3 aromatic rings. The lowest BCUT2D eigenvalue weighted by atomic mass is 10.2. The van der Waals surface area contributed by atoms with E-state index >= 15 is 0 Å². The molecule has 0 amide bonds. The predicted octanol–water partition coefficient (Wildman–Crippen LogP) is 3.15. The first kappa shape index (κ1) is 20.3. The Morgan fingerprint density at radius 2 is 2.14 bits per heavy atom. The maximum atomic E-state index is 12.0. The maximum absolute atomic E-state index is 12.0. The number of benzene rings is 2. The Labute approximate surface area is 179 Å². The van der Waals surface area contributed by atoms with Crippen molar-refractivity contribution >= 4 is 39.8 Å². The van der Waals surface area contributed by atoms with Crippen LogP contribution in [0.2, 0.25) is 0 Å². The molecule has 2 aromatic carbocycles. The van der Waals surface area contributed by atoms with Gasteiger partial charge in [-0.05, 0) is 45.5 Å². The summed E-state index contributed by atoms with van der Waals surface area (Å²) in [6.07, 6.45) is 1.45. The van der Waals surface area contributed by atoms with Crippen LogP contribution in [0.3, 0.4) is 0 Å². The van der Waals surface area contributed by atoms with Crippen LogP contribution in [-0.4, -0.2) is 33.7 Å². The van der Waals surface area contributed by atoms with E-state index in [0.29, 0.717) is 27.2 Å². The zero-order chi connectivity index (χ0) is 20.6. The minimum atomic E-state index is -0.473. The molecule has 2 N–H and O–H groups in total. The summed E-state index contributed by atoms with van der Waals surface area (Å²) in [6.45, 7) is 0.301. The Balaban J connectivity index is 1.93. The van der Waals surface area contributed by atoms with E-state index in [2.05, 4.69) is 48.5 Å². The van der Waals surface area contributed by atoms with Crippen molar-refractivity contribution in [3.8, 4) is 11.8 Å². The van der Waals surface area contributed by atoms with Gasteiger partial charge in [0.1, 0.15) is 24.0 Å². The molecule has 146 valence electrons. The van der Waals surface area contributed by atoms with E-state index in [1.165, 1.54) is 13.3 Å². The molecule has 0 atom stereocenters. The highest BCUT2D eigenvalue weighted by atomic mass is 127. The largest absolute Gasteiger partial charge is 0.487 e. The highest BCUT2D eigenvalue weighted by Crippen LogP contribution is 2.33. The molecule has 0 aliphatic rings. The summed E-state index contributed by atoms with van der Waals surface area (Å²) in [6, 6.07) is 14.9. The number of H-pyrrole nitrogens is 1. The van der Waals surface area contributed by atoms with Gasteiger partial charge in [-0.3, -0.25) is 0 Å². The van der Waals surface area contributed by atoms with Crippen molar-refractivity contribution in [2.75, 3.05) is 12.4 Å². The minimum Gasteiger partial charge on any atom is -0.487 e. The molecular formula is C19H15IN6O3. The summed E-state index contributed by atoms with van der Waals surface area (Å²) < 4.78 is 11.5. The summed E-state index contributed by atoms with van der Waals surface area (Å²) in [5.41, 5.74) is 2.09. The van der Waals surface area contributed by atoms with Gasteiger partial charge < -0.3 is 14.8 Å². The molecule has 0 saturated heterocycles. The molecule has 1 aromatic heterocycles. The molecule has 0 radical (unpaired) electrons. The van der Waals surface area contributed by atoms with Gasteiger partial charge in [-0.15, -0.1) is 10.2 Å². The quantitative estimate of drug-likeness (QED) is 0.287. The topological polar surface area (TPSA) is 126 Å². The van der Waals surface area contributed by atoms with Crippen LogP contribution in [0.4, 0.5) is 5.69 Å². The van der Waals surface area contributed by atoms with Crippen molar-refractivity contribution in [1.29, 1.82) is 5.26 Å². The second-order valence-corrected chi connectivity index (χ2v) is 6.81. The molecule has 0 fully saturated rings. The van der Waals surface area contributed by atoms with Crippen LogP contribution in [0.5, 0.6) is 5.75 Å². The summed E-state index contributed by atoms with van der Waals surface area (Å²) in [7, 11) is 1.32. The van der Waals surface area contributed by atoms with E-state index < -0.39 is 5.97 Å². The van der Waals surface area contributed by atoms with Crippen LogP contribution in [0.1, 0.15) is 21.7 Å². The van der Waals surface area contributed by atoms with Crippen LogP contribution >= 0.6 is 22.6 Å². The van der Waals surface area contributed by atoms with Crippen LogP contribution in [0.25, 0.3) is 5.57 Å². The molecule has 0 aliphatic heterocycles. The van der Waals surface area contributed by atoms with Gasteiger partial charge in [0, 0.05) is 9.77 Å². The first-order chi connectivity index (χ1) is 14.1. The molecule has 0 unspecified atom stereocenters. The van der Waals surface area contributed by atoms with Crippen molar-refractivity contribution in [1.82, 2.24) is 20.6 Å². The SMILES string of the molecule is COC(=O)c1cc(I)c(NC=C(C#N)c2nn[nH]n2)c(OCc2ccccc2)c1. The number of aromatic nitrogens is 4. The van der Waals surface area contributed by atoms with E-state index in [-0.39, 0.29) is 11.4 Å². The summed E-state index contributed by atoms with van der Waals surface area (Å²) >= 11 is 2.08. The number of ether oxygens (including phenoxy) is 2. The second kappa shape index (κ2) is 9.65. The number of nitrogens with one attached hydrogen (secondary N) is 2. The number of halogens is 1. The van der Waals surface area contributed by atoms with Crippen molar-refractivity contribution < 1.29 is 14.3 Å². The summed E-state index contributed by atoms with van der Waals surface area (Å²) in [4.78, 5) is 12.0. The van der Waals surface area contributed by atoms with E-state index in [0.717, 1.165) is 5.56 Å². The standard InChI is InChI=1S/C19H15IN6O3/c1-28-19(27)13-7-15(20)17(22-10-14(9-21)18-23-25-26-24-18)16(8-13)29-11-12-5-3-2-4-6-12/h2-8,10,22H,11H2,1H3,(H,23,24,25,26). The van der Waals surface area contributed by atoms with Gasteiger partial charge in [-0.25, -0.2) is 4.79 Å². The Kier molecular flexibility index (Phi) is 6.75. The number of aromatic amines is 1. The zero-order valence-corrected chi connectivity index (χ0v) is 17.4. The van der Waals surface area contributed by atoms with Crippen molar-refractivity contribution in [2.24, 2.45) is 0 Å². The van der Waals surface area contributed by atoms with Crippen molar-refractivity contribution in [2.45, 2.75) is 6.61 Å². The van der Waals surface area contributed by atoms with Gasteiger partial charge in [0.05, 0.1) is 18.4 Å². The molecule has 1 heterocycles. The Bertz CT molecular complexity index is 1060. The van der Waals surface area contributed by atoms with Crippen molar-refractivity contribution in [3.05, 3.63) is 69.2 Å². The third-order valence-corrected chi connectivity index (χ3v) is 4.63. The number of allylic oxidation sites excluding steroid dienone is 1. The van der Waals surface area contributed by atoms with Gasteiger partial charge in [-0.1, -0.05) is 30.3 Å². The summed E-state index contributed by atoms with van der Waals surface area (Å²) in [5.74, 6) is 0.120. The molecule has 0 bridgehead atoms. The number of hydrogen-bond acceptors (Lipinski definition) is 8. The van der Waals surface area contributed by atoms with Crippen LogP contribution in [0, 0.1) is 14.9 Å². The molecule has 3 rings (SSSR count). The van der Waals surface area contributed by atoms with Crippen LogP contribution < -0.4 is 10.1 Å². The Hall–Kier alpha value is -3.46. The first-order valence-corrected chi connectivity index (χ1v) is 9.39. The highest BCUT2D eigenvalue weighted by Gasteiger charge is 2.16. The van der Waals surface area contributed by atoms with E-state index in [1.54, 1.807) is 12.1 Å². The van der Waals surface area contributed by atoms with Gasteiger partial charge in [0.15, 0.2) is 0 Å². The molecular weight excluding hydrogens is 487 g/mol. The monoisotopic (exact) mass is 502 g/mol. The normalized spacial score (nSPS) is 10.9. The number of anilines is 1. The third kappa shape index (κ3) is 5.08. The molecule has 10 heteroatoms. The number of hydrogen-bond donors (Lipinski definition) is 2. The van der Waals surface area contributed by atoms with E-state index in [9.17, 15) is 10.1 Å². The van der Waals surface area contributed by atoms with E-state index in [1.807, 2.05) is 36.4 Å². The number of carbonyl (C=O) groups is 1. The lowest BCUT2D eigenvalue weighted by Gasteiger charge is -2.15. The van der Waals surface area contributed by atoms with E-state index in [4.69, 9.17) is 9.47 Å². The average molecular weight is 502 g/mol. The number of esters is 1. The lowest BCUT2D eigenvalue weighted by Crippen LogP contribution is -2.06. The number of rotatable bonds is 7.